The van der Waals surface area contributed by atoms with Crippen LogP contribution >= 0.6 is 34.8 Å². The monoisotopic (exact) mass is 540 g/mol. The normalized spacial score (nSPS) is 10.8. The predicted molar refractivity (Wildman–Crippen MR) is 145 cm³/mol. The van der Waals surface area contributed by atoms with Crippen molar-refractivity contribution in [3.8, 4) is 16.9 Å². The lowest BCUT2D eigenvalue weighted by atomic mass is 10.1. The van der Waals surface area contributed by atoms with E-state index in [0.29, 0.717) is 45.8 Å². The molecule has 0 fully saturated rings. The number of anilines is 1. The quantitative estimate of drug-likeness (QED) is 0.261. The van der Waals surface area contributed by atoms with Crippen molar-refractivity contribution >= 4 is 52.4 Å². The second kappa shape index (κ2) is 11.6. The van der Waals surface area contributed by atoms with Gasteiger partial charge in [0.1, 0.15) is 12.4 Å². The maximum atomic E-state index is 13.1. The zero-order chi connectivity index (χ0) is 25.7. The summed E-state index contributed by atoms with van der Waals surface area (Å²) < 4.78 is 1.59. The van der Waals surface area contributed by atoms with Gasteiger partial charge in [-0.3, -0.25) is 9.59 Å². The molecule has 0 bridgehead atoms. The van der Waals surface area contributed by atoms with E-state index < -0.39 is 0 Å². The smallest absolute Gasteiger partial charge is 0.254 e. The van der Waals surface area contributed by atoms with E-state index in [0.717, 1.165) is 5.56 Å². The van der Waals surface area contributed by atoms with Crippen molar-refractivity contribution in [3.05, 3.63) is 99.5 Å². The molecule has 36 heavy (non-hydrogen) atoms. The van der Waals surface area contributed by atoms with Crippen LogP contribution < -0.4 is 5.32 Å². The van der Waals surface area contributed by atoms with Gasteiger partial charge in [-0.05, 0) is 36.8 Å². The number of carbonyl (C=O) groups excluding carboxylic acids is 2. The van der Waals surface area contributed by atoms with Crippen molar-refractivity contribution in [1.82, 2.24) is 14.7 Å². The molecular weight excluding hydrogens is 519 g/mol. The van der Waals surface area contributed by atoms with Gasteiger partial charge >= 0.3 is 0 Å². The summed E-state index contributed by atoms with van der Waals surface area (Å²) >= 11 is 18.5. The molecule has 2 amide bonds. The molecule has 0 unspecified atom stereocenters. The molecule has 0 atom stereocenters. The van der Waals surface area contributed by atoms with Crippen LogP contribution in [0.5, 0.6) is 0 Å². The Morgan fingerprint density at radius 1 is 0.889 bits per heavy atom. The summed E-state index contributed by atoms with van der Waals surface area (Å²) in [5, 5.41) is 8.71. The Morgan fingerprint density at radius 3 is 2.31 bits per heavy atom. The largest absolute Gasteiger partial charge is 0.329 e. The summed E-state index contributed by atoms with van der Waals surface area (Å²) in [5.74, 6) is -0.245. The first-order chi connectivity index (χ1) is 17.4. The van der Waals surface area contributed by atoms with Crippen molar-refractivity contribution in [1.29, 1.82) is 0 Å². The number of hydrogen-bond donors (Lipinski definition) is 1. The molecule has 1 aromatic heterocycles. The fourth-order valence-electron chi connectivity index (χ4n) is 3.72. The van der Waals surface area contributed by atoms with Crippen LogP contribution in [0.1, 0.15) is 23.7 Å². The first kappa shape index (κ1) is 25.8. The van der Waals surface area contributed by atoms with Crippen LogP contribution in [-0.2, 0) is 4.79 Å². The van der Waals surface area contributed by atoms with Crippen molar-refractivity contribution in [3.63, 3.8) is 0 Å². The molecule has 0 aliphatic heterocycles. The molecule has 4 aromatic rings. The summed E-state index contributed by atoms with van der Waals surface area (Å²) in [6.45, 7) is 2.18. The Kier molecular flexibility index (Phi) is 8.31. The zero-order valence-corrected chi connectivity index (χ0v) is 21.7. The lowest BCUT2D eigenvalue weighted by Gasteiger charge is -2.22. The highest BCUT2D eigenvalue weighted by atomic mass is 35.5. The van der Waals surface area contributed by atoms with Crippen LogP contribution in [0.4, 0.5) is 5.82 Å². The highest BCUT2D eigenvalue weighted by Gasteiger charge is 2.21. The average molecular weight is 542 g/mol. The summed E-state index contributed by atoms with van der Waals surface area (Å²) in [4.78, 5) is 27.7. The Bertz CT molecular complexity index is 1390. The molecule has 1 heterocycles. The first-order valence-electron chi connectivity index (χ1n) is 11.3. The van der Waals surface area contributed by atoms with Crippen molar-refractivity contribution in [2.24, 2.45) is 0 Å². The molecule has 184 valence electrons. The molecule has 0 radical (unpaired) electrons. The number of rotatable bonds is 8. The lowest BCUT2D eigenvalue weighted by Crippen LogP contribution is -2.38. The Hall–Kier alpha value is -3.32. The highest BCUT2D eigenvalue weighted by molar-refractivity contribution is 6.42. The summed E-state index contributed by atoms with van der Waals surface area (Å²) in [7, 11) is 0. The van der Waals surface area contributed by atoms with E-state index >= 15 is 0 Å². The van der Waals surface area contributed by atoms with Crippen molar-refractivity contribution < 1.29 is 9.59 Å². The number of para-hydroxylation sites is 1. The Balaban J connectivity index is 1.61. The second-order valence-electron chi connectivity index (χ2n) is 8.05. The Morgan fingerprint density at radius 2 is 1.61 bits per heavy atom. The first-order valence-corrected chi connectivity index (χ1v) is 12.5. The molecule has 9 heteroatoms. The van der Waals surface area contributed by atoms with Gasteiger partial charge in [0, 0.05) is 23.7 Å². The van der Waals surface area contributed by atoms with Gasteiger partial charge in [0.15, 0.2) is 0 Å². The van der Waals surface area contributed by atoms with Crippen LogP contribution in [0.2, 0.25) is 15.1 Å². The van der Waals surface area contributed by atoms with E-state index in [9.17, 15) is 9.59 Å². The van der Waals surface area contributed by atoms with E-state index in [1.54, 1.807) is 28.9 Å². The molecule has 0 spiro atoms. The van der Waals surface area contributed by atoms with Gasteiger partial charge in [-0.15, -0.1) is 0 Å². The van der Waals surface area contributed by atoms with Crippen molar-refractivity contribution in [2.75, 3.05) is 18.4 Å². The number of benzene rings is 3. The number of aromatic nitrogens is 2. The standard InChI is InChI=1S/C27H23Cl3N4O2/c1-2-14-33(27(36)19-12-13-20(28)22(30)15-19)17-26(35)31-25-16-23(18-8-4-3-5-9-18)32-34(25)24-11-7-6-10-21(24)29/h3-13,15-16H,2,14,17H2,1H3,(H,31,35). The van der Waals surface area contributed by atoms with Gasteiger partial charge < -0.3 is 10.2 Å². The van der Waals surface area contributed by atoms with Crippen LogP contribution in [0.3, 0.4) is 0 Å². The van der Waals surface area contributed by atoms with Crippen LogP contribution in [-0.4, -0.2) is 39.6 Å². The predicted octanol–water partition coefficient (Wildman–Crippen LogP) is 6.99. The van der Waals surface area contributed by atoms with Gasteiger partial charge in [0.2, 0.25) is 5.91 Å². The zero-order valence-electron chi connectivity index (χ0n) is 19.4. The number of amides is 2. The van der Waals surface area contributed by atoms with E-state index in [2.05, 4.69) is 5.32 Å². The van der Waals surface area contributed by atoms with E-state index in [1.165, 1.54) is 11.0 Å². The number of nitrogens with zero attached hydrogens (tertiary/aromatic N) is 3. The van der Waals surface area contributed by atoms with E-state index in [1.807, 2.05) is 55.5 Å². The van der Waals surface area contributed by atoms with Gasteiger partial charge in [0.25, 0.3) is 5.91 Å². The number of carbonyl (C=O) groups is 2. The summed E-state index contributed by atoms with van der Waals surface area (Å²) in [6.07, 6.45) is 0.677. The second-order valence-corrected chi connectivity index (χ2v) is 9.27. The minimum Gasteiger partial charge on any atom is -0.329 e. The molecule has 1 N–H and O–H groups in total. The minimum atomic E-state index is -0.371. The average Bonchev–Trinajstić information content (AvgIpc) is 3.29. The molecule has 0 saturated heterocycles. The molecule has 3 aromatic carbocycles. The number of nitrogens with one attached hydrogen (secondary N) is 1. The fourth-order valence-corrected chi connectivity index (χ4v) is 4.23. The Labute approximate surface area is 224 Å². The summed E-state index contributed by atoms with van der Waals surface area (Å²) in [5.41, 5.74) is 2.54. The van der Waals surface area contributed by atoms with Gasteiger partial charge in [0.05, 0.1) is 26.4 Å². The SMILES string of the molecule is CCCN(CC(=O)Nc1cc(-c2ccccc2)nn1-c1ccccc1Cl)C(=O)c1ccc(Cl)c(Cl)c1. The maximum absolute atomic E-state index is 13.1. The third kappa shape index (κ3) is 5.90. The topological polar surface area (TPSA) is 67.2 Å². The number of halogens is 3. The van der Waals surface area contributed by atoms with Crippen molar-refractivity contribution in [2.45, 2.75) is 13.3 Å². The van der Waals surface area contributed by atoms with Crippen LogP contribution in [0.25, 0.3) is 16.9 Å². The third-order valence-electron chi connectivity index (χ3n) is 5.41. The molecule has 4 rings (SSSR count). The van der Waals surface area contributed by atoms with E-state index in [-0.39, 0.29) is 23.4 Å². The number of hydrogen-bond acceptors (Lipinski definition) is 3. The van der Waals surface area contributed by atoms with Gasteiger partial charge in [-0.25, -0.2) is 4.68 Å². The molecule has 0 aliphatic rings. The molecule has 0 aliphatic carbocycles. The highest BCUT2D eigenvalue weighted by Crippen LogP contribution is 2.28. The van der Waals surface area contributed by atoms with Gasteiger partial charge in [-0.1, -0.05) is 84.2 Å². The third-order valence-corrected chi connectivity index (χ3v) is 6.47. The van der Waals surface area contributed by atoms with Gasteiger partial charge in [-0.2, -0.15) is 5.10 Å². The minimum absolute atomic E-state index is 0.151. The maximum Gasteiger partial charge on any atom is 0.254 e. The van der Waals surface area contributed by atoms with Crippen LogP contribution in [0.15, 0.2) is 78.9 Å². The molecule has 0 saturated carbocycles. The lowest BCUT2D eigenvalue weighted by molar-refractivity contribution is -0.116. The van der Waals surface area contributed by atoms with E-state index in [4.69, 9.17) is 39.9 Å². The fraction of sp³-hybridized carbons (Fsp3) is 0.148. The van der Waals surface area contributed by atoms with Crippen LogP contribution in [0, 0.1) is 0 Å². The summed E-state index contributed by atoms with van der Waals surface area (Å²) in [6, 6.07) is 23.3. The molecule has 6 nitrogen and oxygen atoms in total. The molecular formula is C27H23Cl3N4O2.